The van der Waals surface area contributed by atoms with Crippen LogP contribution in [0.15, 0.2) is 0 Å². The van der Waals surface area contributed by atoms with E-state index in [1.807, 2.05) is 0 Å². The van der Waals surface area contributed by atoms with Crippen LogP contribution in [0.4, 0.5) is 0 Å². The van der Waals surface area contributed by atoms with Gasteiger partial charge < -0.3 is 25.2 Å². The van der Waals surface area contributed by atoms with E-state index in [9.17, 15) is 33.1 Å². The minimum Gasteiger partial charge on any atom is -0.748 e. The summed E-state index contributed by atoms with van der Waals surface area (Å²) in [5.41, 5.74) is -1.29. The van der Waals surface area contributed by atoms with Crippen molar-refractivity contribution in [2.75, 3.05) is 12.3 Å². The second-order valence-corrected chi connectivity index (χ2v) is 14.2. The number of fused-ring (bicyclic) bond motifs is 5. The predicted octanol–water partition coefficient (Wildman–Crippen LogP) is 2.17. The van der Waals surface area contributed by atoms with E-state index in [4.69, 9.17) is 0 Å². The lowest BCUT2D eigenvalue weighted by molar-refractivity contribution is -0.254. The van der Waals surface area contributed by atoms with Gasteiger partial charge in [-0.3, -0.25) is 4.79 Å². The topological polar surface area (TPSA) is 147 Å². The molecule has 4 fully saturated rings. The number of aliphatic hydroxyl groups excluding tert-OH is 2. The van der Waals surface area contributed by atoms with Crippen molar-refractivity contribution in [2.45, 2.75) is 103 Å². The molecule has 0 aromatic heterocycles. The summed E-state index contributed by atoms with van der Waals surface area (Å²) < 4.78 is 32.2. The highest BCUT2D eigenvalue weighted by Crippen LogP contribution is 2.69. The molecule has 1 amide bonds. The monoisotopic (exact) mass is 514 g/mol. The second kappa shape index (κ2) is 9.53. The van der Waals surface area contributed by atoms with Crippen LogP contribution in [0.1, 0.15) is 85.0 Å². The fourth-order valence-electron chi connectivity index (χ4n) is 9.18. The van der Waals surface area contributed by atoms with Crippen LogP contribution in [-0.2, 0) is 14.9 Å². The van der Waals surface area contributed by atoms with E-state index in [0.717, 1.165) is 44.9 Å². The van der Waals surface area contributed by atoms with Crippen molar-refractivity contribution in [3.8, 4) is 0 Å². The minimum absolute atomic E-state index is 0.0110. The van der Waals surface area contributed by atoms with Crippen LogP contribution in [0.5, 0.6) is 0 Å². The molecular formula is C26H44NO7S-. The lowest BCUT2D eigenvalue weighted by atomic mass is 9.42. The molecule has 9 heteroatoms. The summed E-state index contributed by atoms with van der Waals surface area (Å²) in [5.74, 6) is -0.107. The first kappa shape index (κ1) is 27.3. The Bertz CT molecular complexity index is 911. The zero-order valence-electron chi connectivity index (χ0n) is 21.4. The Labute approximate surface area is 210 Å². The summed E-state index contributed by atoms with van der Waals surface area (Å²) >= 11 is 0. The van der Waals surface area contributed by atoms with Crippen LogP contribution in [0.3, 0.4) is 0 Å². The van der Waals surface area contributed by atoms with E-state index in [1.165, 1.54) is 0 Å². The van der Waals surface area contributed by atoms with Gasteiger partial charge in [0, 0.05) is 18.4 Å². The molecule has 4 aliphatic carbocycles. The third kappa shape index (κ3) is 4.80. The summed E-state index contributed by atoms with van der Waals surface area (Å²) in [7, 11) is -4.35. The molecule has 3 unspecified atom stereocenters. The molecule has 35 heavy (non-hydrogen) atoms. The molecule has 4 N–H and O–H groups in total. The number of aliphatic hydroxyl groups is 3. The lowest BCUT2D eigenvalue weighted by Crippen LogP contribution is -2.67. The molecule has 0 spiro atoms. The molecule has 0 aromatic rings. The van der Waals surface area contributed by atoms with Gasteiger partial charge in [-0.15, -0.1) is 0 Å². The molecule has 202 valence electrons. The van der Waals surface area contributed by atoms with Crippen molar-refractivity contribution >= 4 is 16.0 Å². The SMILES string of the molecule is C[C@H](CCC(=O)NCCS(=O)(=O)[O-])[C@H]1CC[C@H]2[C@]3(O)CCC4CC(O)CC[C@]4(C)[C@H]3CC(O)[C@]12C. The van der Waals surface area contributed by atoms with Gasteiger partial charge in [-0.2, -0.15) is 0 Å². The molecule has 0 heterocycles. The molecule has 8 nitrogen and oxygen atoms in total. The van der Waals surface area contributed by atoms with Gasteiger partial charge in [-0.05, 0) is 92.8 Å². The molecule has 0 saturated heterocycles. The van der Waals surface area contributed by atoms with Crippen molar-refractivity contribution in [3.63, 3.8) is 0 Å². The van der Waals surface area contributed by atoms with Crippen LogP contribution in [-0.4, -0.2) is 64.3 Å². The molecule has 0 aliphatic heterocycles. The normalized spacial score (nSPS) is 46.3. The van der Waals surface area contributed by atoms with E-state index < -0.39 is 33.0 Å². The standard InChI is InChI=1S/C26H45NO7S/c1-16(4-7-23(30)27-12-13-35(32,33)34)19-5-6-20-25(19,3)22(29)15-21-24(2)10-9-18(28)14-17(24)8-11-26(20,21)31/h16-22,28-29,31H,4-15H2,1-3H3,(H,27,30)(H,32,33,34)/p-1/t16-,17?,18?,19-,20-,21-,22?,24+,25-,26-/m1/s1. The van der Waals surface area contributed by atoms with Gasteiger partial charge in [-0.1, -0.05) is 20.8 Å². The number of hydrogen-bond acceptors (Lipinski definition) is 7. The summed E-state index contributed by atoms with van der Waals surface area (Å²) in [6, 6.07) is 0. The summed E-state index contributed by atoms with van der Waals surface area (Å²) in [5, 5.41) is 36.7. The fourth-order valence-corrected chi connectivity index (χ4v) is 9.53. The first-order chi connectivity index (χ1) is 16.2. The highest BCUT2D eigenvalue weighted by molar-refractivity contribution is 7.85. The van der Waals surface area contributed by atoms with Crippen LogP contribution in [0.25, 0.3) is 0 Å². The number of carbonyl (C=O) groups excluding carboxylic acids is 1. The summed E-state index contributed by atoms with van der Waals surface area (Å²) in [6.07, 6.45) is 6.52. The van der Waals surface area contributed by atoms with Gasteiger partial charge in [0.15, 0.2) is 0 Å². The van der Waals surface area contributed by atoms with Gasteiger partial charge in [0.2, 0.25) is 5.91 Å². The molecule has 4 aliphatic rings. The number of nitrogens with one attached hydrogen (secondary N) is 1. The third-order valence-corrected chi connectivity index (χ3v) is 11.8. The first-order valence-electron chi connectivity index (χ1n) is 13.5. The zero-order chi connectivity index (χ0) is 25.8. The number of amides is 1. The molecule has 0 aromatic carbocycles. The largest absolute Gasteiger partial charge is 0.748 e. The van der Waals surface area contributed by atoms with Crippen LogP contribution in [0, 0.1) is 40.4 Å². The van der Waals surface area contributed by atoms with Crippen molar-refractivity contribution in [3.05, 3.63) is 0 Å². The van der Waals surface area contributed by atoms with Crippen molar-refractivity contribution < 1.29 is 33.1 Å². The molecule has 0 radical (unpaired) electrons. The number of rotatable bonds is 7. The molecule has 4 saturated carbocycles. The molecule has 10 atom stereocenters. The van der Waals surface area contributed by atoms with Gasteiger partial charge in [0.05, 0.1) is 33.7 Å². The number of carbonyl (C=O) groups is 1. The average Bonchev–Trinajstić information content (AvgIpc) is 3.14. The van der Waals surface area contributed by atoms with E-state index in [2.05, 4.69) is 26.1 Å². The Morgan fingerprint density at radius 1 is 1.09 bits per heavy atom. The van der Waals surface area contributed by atoms with E-state index >= 15 is 0 Å². The Morgan fingerprint density at radius 3 is 2.49 bits per heavy atom. The maximum absolute atomic E-state index is 12.3. The van der Waals surface area contributed by atoms with Gasteiger partial charge >= 0.3 is 0 Å². The van der Waals surface area contributed by atoms with E-state index in [0.29, 0.717) is 18.8 Å². The Hall–Kier alpha value is -0.740. The van der Waals surface area contributed by atoms with Gasteiger partial charge in [-0.25, -0.2) is 8.42 Å². The molecular weight excluding hydrogens is 470 g/mol. The van der Waals surface area contributed by atoms with E-state index in [-0.39, 0.29) is 54.1 Å². The van der Waals surface area contributed by atoms with Crippen LogP contribution in [0.2, 0.25) is 0 Å². The Balaban J connectivity index is 1.44. The highest BCUT2D eigenvalue weighted by atomic mass is 32.2. The minimum atomic E-state index is -4.35. The van der Waals surface area contributed by atoms with E-state index in [1.54, 1.807) is 0 Å². The second-order valence-electron chi connectivity index (χ2n) is 12.7. The Kier molecular flexibility index (Phi) is 7.43. The summed E-state index contributed by atoms with van der Waals surface area (Å²) in [6.45, 7) is 6.35. The maximum atomic E-state index is 12.3. The van der Waals surface area contributed by atoms with Crippen LogP contribution < -0.4 is 5.32 Å². The summed E-state index contributed by atoms with van der Waals surface area (Å²) in [4.78, 5) is 12.2. The quantitative estimate of drug-likeness (QED) is 0.381. The number of hydrogen-bond donors (Lipinski definition) is 4. The molecule has 4 rings (SSSR count). The smallest absolute Gasteiger partial charge is 0.220 e. The van der Waals surface area contributed by atoms with Gasteiger partial charge in [0.1, 0.15) is 0 Å². The zero-order valence-corrected chi connectivity index (χ0v) is 22.2. The maximum Gasteiger partial charge on any atom is 0.220 e. The van der Waals surface area contributed by atoms with Crippen molar-refractivity contribution in [1.82, 2.24) is 5.32 Å². The molecule has 0 bridgehead atoms. The van der Waals surface area contributed by atoms with Gasteiger partial charge in [0.25, 0.3) is 0 Å². The third-order valence-electron chi connectivity index (χ3n) is 11.1. The first-order valence-corrected chi connectivity index (χ1v) is 15.1. The lowest BCUT2D eigenvalue weighted by Gasteiger charge is -2.65. The predicted molar refractivity (Wildman–Crippen MR) is 130 cm³/mol. The Morgan fingerprint density at radius 2 is 1.80 bits per heavy atom. The van der Waals surface area contributed by atoms with Crippen LogP contribution >= 0.6 is 0 Å². The van der Waals surface area contributed by atoms with Crippen molar-refractivity contribution in [2.24, 2.45) is 40.4 Å². The fraction of sp³-hybridized carbons (Fsp3) is 0.962. The van der Waals surface area contributed by atoms with Crippen molar-refractivity contribution in [1.29, 1.82) is 0 Å². The average molecular weight is 515 g/mol. The highest BCUT2D eigenvalue weighted by Gasteiger charge is 2.69.